The minimum Gasteiger partial charge on any atom is -0.361 e. The topological polar surface area (TPSA) is 29.3 Å². The summed E-state index contributed by atoms with van der Waals surface area (Å²) >= 11 is 0. The first kappa shape index (κ1) is 9.26. The Balaban J connectivity index is 2.58. The molecule has 0 aromatic carbocycles. The second kappa shape index (κ2) is 3.72. The Kier molecular flexibility index (Phi) is 2.87. The Labute approximate surface area is 73.3 Å². The van der Waals surface area contributed by atoms with Gasteiger partial charge < -0.3 is 4.52 Å². The zero-order valence-corrected chi connectivity index (χ0v) is 8.16. The molecule has 0 aliphatic heterocycles. The van der Waals surface area contributed by atoms with Gasteiger partial charge in [-0.1, -0.05) is 5.16 Å². The number of nitrogens with zero attached hydrogens (tertiary/aromatic N) is 2. The summed E-state index contributed by atoms with van der Waals surface area (Å²) in [5, 5.41) is 3.73. The van der Waals surface area contributed by atoms with Crippen molar-refractivity contribution in [1.82, 2.24) is 10.1 Å². The van der Waals surface area contributed by atoms with Crippen LogP contribution in [0.1, 0.15) is 25.2 Å². The summed E-state index contributed by atoms with van der Waals surface area (Å²) in [6.45, 7) is 7.19. The summed E-state index contributed by atoms with van der Waals surface area (Å²) in [5.41, 5.74) is 1.17. The molecule has 3 nitrogen and oxygen atoms in total. The molecule has 1 rings (SSSR count). The van der Waals surface area contributed by atoms with Gasteiger partial charge in [-0.15, -0.1) is 0 Å². The van der Waals surface area contributed by atoms with Crippen molar-refractivity contribution in [2.75, 3.05) is 7.05 Å². The van der Waals surface area contributed by atoms with Gasteiger partial charge >= 0.3 is 0 Å². The van der Waals surface area contributed by atoms with Crippen LogP contribution in [0.3, 0.4) is 0 Å². The van der Waals surface area contributed by atoms with E-state index in [9.17, 15) is 0 Å². The fourth-order valence-corrected chi connectivity index (χ4v) is 0.922. The van der Waals surface area contributed by atoms with E-state index in [0.29, 0.717) is 6.04 Å². The second-order valence-electron chi connectivity index (χ2n) is 3.42. The molecule has 0 atom stereocenters. The van der Waals surface area contributed by atoms with Crippen LogP contribution in [0.2, 0.25) is 0 Å². The Hall–Kier alpha value is -0.830. The third kappa shape index (κ3) is 2.08. The average Bonchev–Trinajstić information content (AvgIpc) is 2.36. The number of aromatic nitrogens is 1. The van der Waals surface area contributed by atoms with Gasteiger partial charge in [-0.3, -0.25) is 4.90 Å². The standard InChI is InChI=1S/C9H16N2O/c1-7(2)11(4)6-9-5-10-12-8(9)3/h5,7H,6H2,1-4H3. The Morgan fingerprint density at radius 1 is 1.58 bits per heavy atom. The van der Waals surface area contributed by atoms with Gasteiger partial charge in [-0.05, 0) is 27.8 Å². The minimum absolute atomic E-state index is 0.555. The molecule has 1 heterocycles. The SMILES string of the molecule is Cc1oncc1CN(C)C(C)C. The number of aryl methyl sites for hydroxylation is 1. The van der Waals surface area contributed by atoms with Crippen LogP contribution < -0.4 is 0 Å². The molecule has 0 spiro atoms. The van der Waals surface area contributed by atoms with Crippen LogP contribution in [0.4, 0.5) is 0 Å². The van der Waals surface area contributed by atoms with Gasteiger partial charge in [0.25, 0.3) is 0 Å². The molecule has 1 aromatic rings. The average molecular weight is 168 g/mol. The molecule has 0 unspecified atom stereocenters. The minimum atomic E-state index is 0.555. The van der Waals surface area contributed by atoms with Crippen molar-refractivity contribution in [3.63, 3.8) is 0 Å². The maximum absolute atomic E-state index is 4.97. The lowest BCUT2D eigenvalue weighted by atomic mass is 10.2. The fourth-order valence-electron chi connectivity index (χ4n) is 0.922. The van der Waals surface area contributed by atoms with Crippen molar-refractivity contribution in [2.45, 2.75) is 33.4 Å². The van der Waals surface area contributed by atoms with Gasteiger partial charge in [0.1, 0.15) is 5.76 Å². The highest BCUT2D eigenvalue weighted by atomic mass is 16.5. The Morgan fingerprint density at radius 3 is 2.67 bits per heavy atom. The van der Waals surface area contributed by atoms with Crippen LogP contribution >= 0.6 is 0 Å². The first-order valence-electron chi connectivity index (χ1n) is 4.21. The third-order valence-corrected chi connectivity index (χ3v) is 2.15. The maximum Gasteiger partial charge on any atom is 0.138 e. The molecule has 0 aliphatic carbocycles. The van der Waals surface area contributed by atoms with E-state index in [0.717, 1.165) is 12.3 Å². The van der Waals surface area contributed by atoms with Crippen molar-refractivity contribution in [2.24, 2.45) is 0 Å². The van der Waals surface area contributed by atoms with E-state index < -0.39 is 0 Å². The van der Waals surface area contributed by atoms with Gasteiger partial charge in [0.15, 0.2) is 0 Å². The van der Waals surface area contributed by atoms with Gasteiger partial charge in [0, 0.05) is 18.2 Å². The highest BCUT2D eigenvalue weighted by molar-refractivity contribution is 5.10. The predicted molar refractivity (Wildman–Crippen MR) is 47.8 cm³/mol. The molecule has 0 N–H and O–H groups in total. The second-order valence-corrected chi connectivity index (χ2v) is 3.42. The van der Waals surface area contributed by atoms with Crippen LogP contribution in [0.25, 0.3) is 0 Å². The van der Waals surface area contributed by atoms with Crippen LogP contribution in [0.15, 0.2) is 10.7 Å². The molecule has 3 heteroatoms. The summed E-state index contributed by atoms with van der Waals surface area (Å²) in [4.78, 5) is 2.25. The zero-order chi connectivity index (χ0) is 9.14. The summed E-state index contributed by atoms with van der Waals surface area (Å²) in [5.74, 6) is 0.919. The molecule has 0 radical (unpaired) electrons. The molecule has 0 bridgehead atoms. The van der Waals surface area contributed by atoms with Gasteiger partial charge in [0.2, 0.25) is 0 Å². The normalized spacial score (nSPS) is 11.5. The molecule has 1 aromatic heterocycles. The zero-order valence-electron chi connectivity index (χ0n) is 8.16. The quantitative estimate of drug-likeness (QED) is 0.689. The predicted octanol–water partition coefficient (Wildman–Crippen LogP) is 1.82. The lowest BCUT2D eigenvalue weighted by Gasteiger charge is -2.19. The van der Waals surface area contributed by atoms with E-state index in [-0.39, 0.29) is 0 Å². The molecule has 0 aliphatic rings. The molecule has 68 valence electrons. The highest BCUT2D eigenvalue weighted by Crippen LogP contribution is 2.09. The van der Waals surface area contributed by atoms with Crippen molar-refractivity contribution in [3.8, 4) is 0 Å². The Bertz CT molecular complexity index is 242. The summed E-state index contributed by atoms with van der Waals surface area (Å²) in [6.07, 6.45) is 1.79. The van der Waals surface area contributed by atoms with Crippen molar-refractivity contribution >= 4 is 0 Å². The third-order valence-electron chi connectivity index (χ3n) is 2.15. The molecule has 0 fully saturated rings. The monoisotopic (exact) mass is 168 g/mol. The van der Waals surface area contributed by atoms with E-state index in [1.165, 1.54) is 5.56 Å². The summed E-state index contributed by atoms with van der Waals surface area (Å²) in [6, 6.07) is 0.555. The number of rotatable bonds is 3. The first-order valence-corrected chi connectivity index (χ1v) is 4.21. The molecule has 0 amide bonds. The molecule has 0 saturated carbocycles. The number of hydrogen-bond donors (Lipinski definition) is 0. The molecule has 12 heavy (non-hydrogen) atoms. The highest BCUT2D eigenvalue weighted by Gasteiger charge is 2.08. The van der Waals surface area contributed by atoms with Crippen LogP contribution in [0, 0.1) is 6.92 Å². The van der Waals surface area contributed by atoms with Crippen LogP contribution in [-0.2, 0) is 6.54 Å². The Morgan fingerprint density at radius 2 is 2.25 bits per heavy atom. The van der Waals surface area contributed by atoms with E-state index in [2.05, 4.69) is 31.0 Å². The summed E-state index contributed by atoms with van der Waals surface area (Å²) in [7, 11) is 2.09. The number of hydrogen-bond acceptors (Lipinski definition) is 3. The van der Waals surface area contributed by atoms with E-state index >= 15 is 0 Å². The van der Waals surface area contributed by atoms with E-state index in [1.54, 1.807) is 6.20 Å². The van der Waals surface area contributed by atoms with Crippen molar-refractivity contribution < 1.29 is 4.52 Å². The largest absolute Gasteiger partial charge is 0.361 e. The molecule has 0 saturated heterocycles. The summed E-state index contributed by atoms with van der Waals surface area (Å²) < 4.78 is 4.97. The smallest absolute Gasteiger partial charge is 0.138 e. The molecular weight excluding hydrogens is 152 g/mol. The maximum atomic E-state index is 4.97. The fraction of sp³-hybridized carbons (Fsp3) is 0.667. The van der Waals surface area contributed by atoms with Crippen molar-refractivity contribution in [1.29, 1.82) is 0 Å². The van der Waals surface area contributed by atoms with Gasteiger partial charge in [-0.2, -0.15) is 0 Å². The first-order chi connectivity index (χ1) is 5.61. The van der Waals surface area contributed by atoms with E-state index in [1.807, 2.05) is 6.92 Å². The van der Waals surface area contributed by atoms with Crippen LogP contribution in [0.5, 0.6) is 0 Å². The lowest BCUT2D eigenvalue weighted by Crippen LogP contribution is -2.25. The lowest BCUT2D eigenvalue weighted by molar-refractivity contribution is 0.264. The van der Waals surface area contributed by atoms with Crippen LogP contribution in [-0.4, -0.2) is 23.1 Å². The van der Waals surface area contributed by atoms with E-state index in [4.69, 9.17) is 4.52 Å². The van der Waals surface area contributed by atoms with Gasteiger partial charge in [-0.25, -0.2) is 0 Å². The van der Waals surface area contributed by atoms with Crippen molar-refractivity contribution in [3.05, 3.63) is 17.5 Å². The van der Waals surface area contributed by atoms with Gasteiger partial charge in [0.05, 0.1) is 6.20 Å². The molecular formula is C9H16N2O.